The molecular weight excluding hydrogens is 322 g/mol. The molecule has 130 valence electrons. The van der Waals surface area contributed by atoms with E-state index < -0.39 is 6.10 Å². The summed E-state index contributed by atoms with van der Waals surface area (Å²) in [5.41, 5.74) is 0.691. The van der Waals surface area contributed by atoms with E-state index in [0.29, 0.717) is 11.4 Å². The van der Waals surface area contributed by atoms with Crippen molar-refractivity contribution in [3.05, 3.63) is 42.6 Å². The Hall–Kier alpha value is -3.16. The Morgan fingerprint density at radius 2 is 1.92 bits per heavy atom. The van der Waals surface area contributed by atoms with Gasteiger partial charge in [0.05, 0.1) is 0 Å². The van der Waals surface area contributed by atoms with Crippen molar-refractivity contribution in [1.82, 2.24) is 20.0 Å². The molecule has 3 rings (SSSR count). The summed E-state index contributed by atoms with van der Waals surface area (Å²) >= 11 is 0. The summed E-state index contributed by atoms with van der Waals surface area (Å²) in [6.07, 6.45) is 0.951. The molecule has 0 aliphatic carbocycles. The fraction of sp³-hybridized carbons (Fsp3) is 0.294. The van der Waals surface area contributed by atoms with E-state index in [0.717, 1.165) is 0 Å². The molecule has 8 nitrogen and oxygen atoms in total. The minimum Gasteiger partial charge on any atom is -0.481 e. The molecule has 1 aromatic carbocycles. The molecule has 1 amide bonds. The number of nitrogens with zero attached hydrogens (tertiary/aromatic N) is 4. The van der Waals surface area contributed by atoms with Crippen LogP contribution < -0.4 is 10.1 Å². The van der Waals surface area contributed by atoms with Crippen molar-refractivity contribution in [1.29, 1.82) is 0 Å². The first-order valence-electron chi connectivity index (χ1n) is 7.94. The molecule has 8 heteroatoms. The Bertz CT molecular complexity index is 841. The number of rotatable bonds is 6. The molecule has 0 bridgehead atoms. The van der Waals surface area contributed by atoms with Gasteiger partial charge in [0, 0.05) is 12.2 Å². The van der Waals surface area contributed by atoms with Gasteiger partial charge in [0.25, 0.3) is 11.8 Å². The van der Waals surface area contributed by atoms with Crippen LogP contribution in [-0.4, -0.2) is 32.0 Å². The Balaban J connectivity index is 1.66. The standard InChI is InChI=1S/C17H19N5O3/c1-11(2)22-14(9-10-18-22)16-20-21-17(25-16)19-15(23)12(3)24-13-7-5-4-6-8-13/h4-12H,1-3H3,(H,19,21,23). The molecule has 3 aromatic rings. The SMILES string of the molecule is CC(Oc1ccccc1)C(=O)Nc1nnc(-c2ccnn2C(C)C)o1. The van der Waals surface area contributed by atoms with Crippen LogP contribution in [0.25, 0.3) is 11.6 Å². The lowest BCUT2D eigenvalue weighted by molar-refractivity contribution is -0.122. The van der Waals surface area contributed by atoms with Gasteiger partial charge in [0.1, 0.15) is 11.4 Å². The van der Waals surface area contributed by atoms with Crippen LogP contribution in [0.15, 0.2) is 47.0 Å². The Morgan fingerprint density at radius 3 is 2.64 bits per heavy atom. The molecule has 25 heavy (non-hydrogen) atoms. The number of aromatic nitrogens is 4. The highest BCUT2D eigenvalue weighted by molar-refractivity contribution is 5.92. The molecule has 2 aromatic heterocycles. The van der Waals surface area contributed by atoms with Gasteiger partial charge in [0.2, 0.25) is 0 Å². The zero-order valence-corrected chi connectivity index (χ0v) is 14.2. The van der Waals surface area contributed by atoms with Crippen LogP contribution in [0.2, 0.25) is 0 Å². The normalized spacial score (nSPS) is 12.2. The fourth-order valence-electron chi connectivity index (χ4n) is 2.24. The topological polar surface area (TPSA) is 95.1 Å². The first-order chi connectivity index (χ1) is 12.0. The summed E-state index contributed by atoms with van der Waals surface area (Å²) in [6, 6.07) is 11.0. The first-order valence-corrected chi connectivity index (χ1v) is 7.94. The van der Waals surface area contributed by atoms with E-state index in [-0.39, 0.29) is 23.9 Å². The van der Waals surface area contributed by atoms with E-state index in [2.05, 4.69) is 20.6 Å². The van der Waals surface area contributed by atoms with Gasteiger partial charge < -0.3 is 9.15 Å². The summed E-state index contributed by atoms with van der Waals surface area (Å²) in [7, 11) is 0. The number of carbonyl (C=O) groups excluding carboxylic acids is 1. The smallest absolute Gasteiger partial charge is 0.322 e. The number of benzene rings is 1. The molecule has 1 atom stereocenters. The lowest BCUT2D eigenvalue weighted by Crippen LogP contribution is -2.30. The second kappa shape index (κ2) is 7.16. The second-order valence-corrected chi connectivity index (χ2v) is 5.73. The molecule has 0 aliphatic rings. The molecule has 0 aliphatic heterocycles. The van der Waals surface area contributed by atoms with Crippen LogP contribution >= 0.6 is 0 Å². The summed E-state index contributed by atoms with van der Waals surface area (Å²) in [4.78, 5) is 12.2. The Kier molecular flexibility index (Phi) is 4.78. The van der Waals surface area contributed by atoms with Crippen LogP contribution in [0, 0.1) is 0 Å². The van der Waals surface area contributed by atoms with Gasteiger partial charge in [-0.25, -0.2) is 0 Å². The molecular formula is C17H19N5O3. The molecule has 0 fully saturated rings. The number of amides is 1. The third-order valence-corrected chi connectivity index (χ3v) is 3.46. The zero-order chi connectivity index (χ0) is 17.8. The lowest BCUT2D eigenvalue weighted by Gasteiger charge is -2.12. The van der Waals surface area contributed by atoms with Crippen molar-refractivity contribution in [3.8, 4) is 17.3 Å². The highest BCUT2D eigenvalue weighted by Crippen LogP contribution is 2.22. The van der Waals surface area contributed by atoms with E-state index in [1.807, 2.05) is 32.0 Å². The molecule has 0 spiro atoms. The number of anilines is 1. The Morgan fingerprint density at radius 1 is 1.16 bits per heavy atom. The van der Waals surface area contributed by atoms with Crippen LogP contribution in [-0.2, 0) is 4.79 Å². The monoisotopic (exact) mass is 341 g/mol. The van der Waals surface area contributed by atoms with E-state index in [9.17, 15) is 4.79 Å². The maximum Gasteiger partial charge on any atom is 0.322 e. The van der Waals surface area contributed by atoms with Crippen LogP contribution in [0.1, 0.15) is 26.8 Å². The van der Waals surface area contributed by atoms with Gasteiger partial charge in [-0.1, -0.05) is 23.3 Å². The number of carbonyl (C=O) groups is 1. The highest BCUT2D eigenvalue weighted by atomic mass is 16.5. The predicted octanol–water partition coefficient (Wildman–Crippen LogP) is 2.92. The first kappa shape index (κ1) is 16.7. The van der Waals surface area contributed by atoms with Crippen LogP contribution in [0.5, 0.6) is 5.75 Å². The number of hydrogen-bond acceptors (Lipinski definition) is 6. The quantitative estimate of drug-likeness (QED) is 0.741. The summed E-state index contributed by atoms with van der Waals surface area (Å²) in [5, 5.41) is 14.6. The zero-order valence-electron chi connectivity index (χ0n) is 14.2. The maximum atomic E-state index is 12.2. The summed E-state index contributed by atoms with van der Waals surface area (Å²) in [5.74, 6) is 0.520. The van der Waals surface area contributed by atoms with Crippen LogP contribution in [0.4, 0.5) is 6.01 Å². The van der Waals surface area contributed by atoms with Gasteiger partial charge in [-0.15, -0.1) is 5.10 Å². The van der Waals surface area contributed by atoms with Gasteiger partial charge in [-0.05, 0) is 39.0 Å². The van der Waals surface area contributed by atoms with E-state index in [1.165, 1.54) is 0 Å². The minimum atomic E-state index is -0.709. The van der Waals surface area contributed by atoms with Crippen molar-refractivity contribution in [2.75, 3.05) is 5.32 Å². The van der Waals surface area contributed by atoms with Crippen molar-refractivity contribution < 1.29 is 13.9 Å². The molecule has 1 N–H and O–H groups in total. The number of ether oxygens (including phenoxy) is 1. The fourth-order valence-corrected chi connectivity index (χ4v) is 2.24. The molecule has 0 radical (unpaired) electrons. The molecule has 2 heterocycles. The minimum absolute atomic E-state index is 0.0139. The molecule has 0 saturated heterocycles. The number of hydrogen-bond donors (Lipinski definition) is 1. The average Bonchev–Trinajstić information content (AvgIpc) is 3.24. The predicted molar refractivity (Wildman–Crippen MR) is 91.1 cm³/mol. The van der Waals surface area contributed by atoms with Crippen molar-refractivity contribution in [3.63, 3.8) is 0 Å². The van der Waals surface area contributed by atoms with Gasteiger partial charge in [0.15, 0.2) is 6.10 Å². The van der Waals surface area contributed by atoms with Crippen molar-refractivity contribution >= 4 is 11.9 Å². The second-order valence-electron chi connectivity index (χ2n) is 5.73. The third kappa shape index (κ3) is 3.85. The summed E-state index contributed by atoms with van der Waals surface area (Å²) < 4.78 is 12.8. The van der Waals surface area contributed by atoms with Gasteiger partial charge in [-0.2, -0.15) is 5.10 Å². The molecule has 1 unspecified atom stereocenters. The largest absolute Gasteiger partial charge is 0.481 e. The van der Waals surface area contributed by atoms with Crippen molar-refractivity contribution in [2.45, 2.75) is 32.9 Å². The van der Waals surface area contributed by atoms with Gasteiger partial charge >= 0.3 is 6.01 Å². The highest BCUT2D eigenvalue weighted by Gasteiger charge is 2.20. The van der Waals surface area contributed by atoms with Gasteiger partial charge in [-0.3, -0.25) is 14.8 Å². The summed E-state index contributed by atoms with van der Waals surface area (Å²) in [6.45, 7) is 5.64. The number of para-hydroxylation sites is 1. The average molecular weight is 341 g/mol. The van der Waals surface area contributed by atoms with E-state index >= 15 is 0 Å². The Labute approximate surface area is 144 Å². The maximum absolute atomic E-state index is 12.2. The van der Waals surface area contributed by atoms with Crippen molar-refractivity contribution in [2.24, 2.45) is 0 Å². The lowest BCUT2D eigenvalue weighted by atomic mass is 10.3. The van der Waals surface area contributed by atoms with Crippen LogP contribution in [0.3, 0.4) is 0 Å². The number of nitrogens with one attached hydrogen (secondary N) is 1. The van der Waals surface area contributed by atoms with E-state index in [1.54, 1.807) is 36.0 Å². The molecule has 0 saturated carbocycles. The third-order valence-electron chi connectivity index (χ3n) is 3.46. The van der Waals surface area contributed by atoms with E-state index in [4.69, 9.17) is 9.15 Å².